The highest BCUT2D eigenvalue weighted by molar-refractivity contribution is 5.42. The molecule has 1 unspecified atom stereocenters. The Bertz CT molecular complexity index is 248. The summed E-state index contributed by atoms with van der Waals surface area (Å²) in [6, 6.07) is 2.38. The summed E-state index contributed by atoms with van der Waals surface area (Å²) in [7, 11) is 0. The van der Waals surface area contributed by atoms with Crippen LogP contribution in [0.2, 0.25) is 0 Å². The second-order valence-corrected chi connectivity index (χ2v) is 2.98. The van der Waals surface area contributed by atoms with E-state index in [1.54, 1.807) is 6.20 Å². The van der Waals surface area contributed by atoms with Crippen molar-refractivity contribution >= 4 is 6.08 Å². The van der Waals surface area contributed by atoms with Gasteiger partial charge in [-0.3, -0.25) is 0 Å². The van der Waals surface area contributed by atoms with Gasteiger partial charge in [0.15, 0.2) is 5.76 Å². The average Bonchev–Trinajstić information content (AvgIpc) is 2.74. The van der Waals surface area contributed by atoms with Gasteiger partial charge in [-0.1, -0.05) is 11.2 Å². The van der Waals surface area contributed by atoms with Crippen molar-refractivity contribution in [3.05, 3.63) is 24.1 Å². The topological polar surface area (TPSA) is 38.1 Å². The zero-order valence-electron chi connectivity index (χ0n) is 6.86. The standard InChI is InChI=1S/C9H12N2O/c1-2-8(10-6-1)3-4-9-5-7-11-12-9/h3-5,7-8,10H,1-2,6H2/b4-3+. The number of hydrogen-bond donors (Lipinski definition) is 1. The van der Waals surface area contributed by atoms with Crippen molar-refractivity contribution in [2.24, 2.45) is 0 Å². The first-order valence-electron chi connectivity index (χ1n) is 4.27. The molecule has 0 bridgehead atoms. The van der Waals surface area contributed by atoms with E-state index >= 15 is 0 Å². The Morgan fingerprint density at radius 3 is 3.33 bits per heavy atom. The van der Waals surface area contributed by atoms with Crippen molar-refractivity contribution in [3.8, 4) is 0 Å². The Hall–Kier alpha value is -1.09. The van der Waals surface area contributed by atoms with Crippen molar-refractivity contribution in [2.75, 3.05) is 6.54 Å². The molecule has 0 saturated carbocycles. The van der Waals surface area contributed by atoms with Crippen molar-refractivity contribution < 1.29 is 4.52 Å². The van der Waals surface area contributed by atoms with Crippen molar-refractivity contribution in [3.63, 3.8) is 0 Å². The summed E-state index contributed by atoms with van der Waals surface area (Å²) in [5.74, 6) is 0.823. The number of nitrogens with one attached hydrogen (secondary N) is 1. The molecule has 12 heavy (non-hydrogen) atoms. The molecule has 2 heterocycles. The van der Waals surface area contributed by atoms with E-state index in [0.717, 1.165) is 12.3 Å². The third kappa shape index (κ3) is 1.74. The van der Waals surface area contributed by atoms with Crippen molar-refractivity contribution in [1.82, 2.24) is 10.5 Å². The monoisotopic (exact) mass is 164 g/mol. The maximum absolute atomic E-state index is 4.93. The maximum atomic E-state index is 4.93. The molecule has 3 nitrogen and oxygen atoms in total. The smallest absolute Gasteiger partial charge is 0.159 e. The Kier molecular flexibility index (Phi) is 2.23. The summed E-state index contributed by atoms with van der Waals surface area (Å²) in [5, 5.41) is 6.99. The van der Waals surface area contributed by atoms with Crippen LogP contribution in [0.25, 0.3) is 6.08 Å². The van der Waals surface area contributed by atoms with Crippen LogP contribution in [0.4, 0.5) is 0 Å². The molecule has 1 N–H and O–H groups in total. The molecular formula is C9H12N2O. The van der Waals surface area contributed by atoms with Crippen molar-refractivity contribution in [2.45, 2.75) is 18.9 Å². The molecule has 1 atom stereocenters. The van der Waals surface area contributed by atoms with Gasteiger partial charge in [-0.05, 0) is 25.5 Å². The Balaban J connectivity index is 1.93. The third-order valence-corrected chi connectivity index (χ3v) is 2.05. The Morgan fingerprint density at radius 2 is 2.67 bits per heavy atom. The molecule has 1 aromatic rings. The summed E-state index contributed by atoms with van der Waals surface area (Å²) in [4.78, 5) is 0. The molecule has 1 saturated heterocycles. The Morgan fingerprint density at radius 1 is 1.67 bits per heavy atom. The molecule has 1 fully saturated rings. The van der Waals surface area contributed by atoms with Gasteiger partial charge in [0.2, 0.25) is 0 Å². The van der Waals surface area contributed by atoms with Gasteiger partial charge in [0.25, 0.3) is 0 Å². The molecule has 0 aromatic carbocycles. The van der Waals surface area contributed by atoms with E-state index in [9.17, 15) is 0 Å². The second-order valence-electron chi connectivity index (χ2n) is 2.98. The predicted octanol–water partition coefficient (Wildman–Crippen LogP) is 1.44. The van der Waals surface area contributed by atoms with Crippen LogP contribution in [0.15, 0.2) is 22.9 Å². The van der Waals surface area contributed by atoms with Gasteiger partial charge in [0, 0.05) is 12.1 Å². The molecule has 1 aromatic heterocycles. The van der Waals surface area contributed by atoms with Crippen molar-refractivity contribution in [1.29, 1.82) is 0 Å². The minimum atomic E-state index is 0.523. The SMILES string of the molecule is C(=C\C1CCCN1)/c1ccno1. The summed E-state index contributed by atoms with van der Waals surface area (Å²) >= 11 is 0. The lowest BCUT2D eigenvalue weighted by Gasteiger charge is -2.00. The van der Waals surface area contributed by atoms with Crippen LogP contribution < -0.4 is 5.32 Å². The van der Waals surface area contributed by atoms with Gasteiger partial charge in [0.05, 0.1) is 6.20 Å². The first-order chi connectivity index (χ1) is 5.95. The summed E-state index contributed by atoms with van der Waals surface area (Å²) in [6.07, 6.45) is 8.25. The quantitative estimate of drug-likeness (QED) is 0.718. The van der Waals surface area contributed by atoms with Gasteiger partial charge < -0.3 is 9.84 Å². The average molecular weight is 164 g/mol. The highest BCUT2D eigenvalue weighted by Crippen LogP contribution is 2.08. The summed E-state index contributed by atoms with van der Waals surface area (Å²) in [5.41, 5.74) is 0. The lowest BCUT2D eigenvalue weighted by Crippen LogP contribution is -2.17. The van der Waals surface area contributed by atoms with E-state index in [4.69, 9.17) is 4.52 Å². The first-order valence-corrected chi connectivity index (χ1v) is 4.27. The molecule has 2 rings (SSSR count). The Labute approximate surface area is 71.4 Å². The molecule has 0 amide bonds. The molecule has 3 heteroatoms. The minimum Gasteiger partial charge on any atom is -0.357 e. The molecule has 64 valence electrons. The van der Waals surface area contributed by atoms with Gasteiger partial charge >= 0.3 is 0 Å². The first kappa shape index (κ1) is 7.55. The van der Waals surface area contributed by atoms with Crippen LogP contribution in [0, 0.1) is 0 Å². The van der Waals surface area contributed by atoms with E-state index in [-0.39, 0.29) is 0 Å². The predicted molar refractivity (Wildman–Crippen MR) is 46.6 cm³/mol. The van der Waals surface area contributed by atoms with Gasteiger partial charge in [-0.15, -0.1) is 0 Å². The highest BCUT2D eigenvalue weighted by Gasteiger charge is 2.09. The van der Waals surface area contributed by atoms with Gasteiger partial charge in [0.1, 0.15) is 0 Å². The fourth-order valence-corrected chi connectivity index (χ4v) is 1.40. The molecular weight excluding hydrogens is 152 g/mol. The summed E-state index contributed by atoms with van der Waals surface area (Å²) < 4.78 is 4.93. The molecule has 0 spiro atoms. The van der Waals surface area contributed by atoms with Crippen LogP contribution in [-0.4, -0.2) is 17.7 Å². The van der Waals surface area contributed by atoms with Crippen LogP contribution in [0.3, 0.4) is 0 Å². The highest BCUT2D eigenvalue weighted by atomic mass is 16.5. The van der Waals surface area contributed by atoms with E-state index in [2.05, 4.69) is 16.5 Å². The number of hydrogen-bond acceptors (Lipinski definition) is 3. The van der Waals surface area contributed by atoms with Gasteiger partial charge in [-0.2, -0.15) is 0 Å². The minimum absolute atomic E-state index is 0.523. The van der Waals surface area contributed by atoms with Gasteiger partial charge in [-0.25, -0.2) is 0 Å². The number of nitrogens with zero attached hydrogens (tertiary/aromatic N) is 1. The van der Waals surface area contributed by atoms with Crippen LogP contribution >= 0.6 is 0 Å². The largest absolute Gasteiger partial charge is 0.357 e. The normalized spacial score (nSPS) is 23.8. The lowest BCUT2D eigenvalue weighted by atomic mass is 10.2. The van der Waals surface area contributed by atoms with E-state index in [1.165, 1.54) is 12.8 Å². The van der Waals surface area contributed by atoms with Crippen LogP contribution in [-0.2, 0) is 0 Å². The van der Waals surface area contributed by atoms with E-state index in [1.807, 2.05) is 12.1 Å². The fraction of sp³-hybridized carbons (Fsp3) is 0.444. The van der Waals surface area contributed by atoms with Crippen LogP contribution in [0.5, 0.6) is 0 Å². The number of aromatic nitrogens is 1. The third-order valence-electron chi connectivity index (χ3n) is 2.05. The lowest BCUT2D eigenvalue weighted by molar-refractivity contribution is 0.412. The van der Waals surface area contributed by atoms with E-state index < -0.39 is 0 Å². The fourth-order valence-electron chi connectivity index (χ4n) is 1.40. The molecule has 0 aliphatic carbocycles. The van der Waals surface area contributed by atoms with Crippen LogP contribution in [0.1, 0.15) is 18.6 Å². The molecule has 1 aliphatic rings. The zero-order chi connectivity index (χ0) is 8.23. The maximum Gasteiger partial charge on any atom is 0.159 e. The summed E-state index contributed by atoms with van der Waals surface area (Å²) in [6.45, 7) is 1.13. The second kappa shape index (κ2) is 3.54. The van der Waals surface area contributed by atoms with E-state index in [0.29, 0.717) is 6.04 Å². The molecule has 0 radical (unpaired) electrons. The zero-order valence-corrected chi connectivity index (χ0v) is 6.86. The number of rotatable bonds is 2. The molecule has 1 aliphatic heterocycles.